The zero-order valence-corrected chi connectivity index (χ0v) is 9.23. The maximum Gasteiger partial charge on any atom is 0.234 e. The molecule has 6 nitrogen and oxygen atoms in total. The summed E-state index contributed by atoms with van der Waals surface area (Å²) in [7, 11) is -3.44. The highest BCUT2D eigenvalue weighted by atomic mass is 32.2. The predicted molar refractivity (Wildman–Crippen MR) is 54.1 cm³/mol. The van der Waals surface area contributed by atoms with E-state index in [0.29, 0.717) is 0 Å². The number of carbonyl (C=O) groups excluding carboxylic acids is 1. The van der Waals surface area contributed by atoms with E-state index in [1.165, 1.54) is 0 Å². The first-order valence-corrected chi connectivity index (χ1v) is 6.03. The number of nitrogens with two attached hydrogens (primary N) is 1. The fraction of sp³-hybridized carbons (Fsp3) is 0.857. The summed E-state index contributed by atoms with van der Waals surface area (Å²) in [5.41, 5.74) is 0. The van der Waals surface area contributed by atoms with E-state index >= 15 is 0 Å². The molecular formula is C7H17N3O3S. The Labute approximate surface area is 84.3 Å². The predicted octanol–water partition coefficient (Wildman–Crippen LogP) is -1.61. The van der Waals surface area contributed by atoms with Crippen molar-refractivity contribution in [3.8, 4) is 0 Å². The van der Waals surface area contributed by atoms with E-state index in [1.807, 2.05) is 13.8 Å². The molecule has 0 spiro atoms. The Morgan fingerprint density at radius 2 is 2.00 bits per heavy atom. The molecule has 4 N–H and O–H groups in total. The average Bonchev–Trinajstić information content (AvgIpc) is 1.95. The summed E-state index contributed by atoms with van der Waals surface area (Å²) in [6.45, 7) is 3.99. The Morgan fingerprint density at radius 1 is 1.43 bits per heavy atom. The summed E-state index contributed by atoms with van der Waals surface area (Å²) in [6, 6.07) is 0.0857. The zero-order valence-electron chi connectivity index (χ0n) is 8.41. The van der Waals surface area contributed by atoms with E-state index in [2.05, 4.69) is 10.6 Å². The van der Waals surface area contributed by atoms with Gasteiger partial charge >= 0.3 is 0 Å². The van der Waals surface area contributed by atoms with Crippen LogP contribution in [0, 0.1) is 0 Å². The lowest BCUT2D eigenvalue weighted by Gasteiger charge is -2.08. The number of amides is 1. The van der Waals surface area contributed by atoms with Gasteiger partial charge in [0.2, 0.25) is 15.9 Å². The molecule has 0 aromatic heterocycles. The van der Waals surface area contributed by atoms with Crippen molar-refractivity contribution in [2.75, 3.05) is 18.8 Å². The van der Waals surface area contributed by atoms with Gasteiger partial charge in [0, 0.05) is 12.6 Å². The summed E-state index contributed by atoms with van der Waals surface area (Å²) < 4.78 is 21.0. The number of sulfonamides is 1. The van der Waals surface area contributed by atoms with Crippen LogP contribution in [0.3, 0.4) is 0 Å². The van der Waals surface area contributed by atoms with Gasteiger partial charge in [0.15, 0.2) is 0 Å². The molecule has 0 unspecified atom stereocenters. The molecule has 7 heteroatoms. The molecule has 0 saturated heterocycles. The van der Waals surface area contributed by atoms with E-state index in [1.54, 1.807) is 0 Å². The Balaban J connectivity index is 3.51. The fourth-order valence-corrected chi connectivity index (χ4v) is 1.22. The lowest BCUT2D eigenvalue weighted by Crippen LogP contribution is -2.39. The van der Waals surface area contributed by atoms with Gasteiger partial charge in [-0.3, -0.25) is 4.79 Å². The average molecular weight is 223 g/mol. The van der Waals surface area contributed by atoms with Crippen LogP contribution in [0.15, 0.2) is 0 Å². The van der Waals surface area contributed by atoms with Gasteiger partial charge in [0.25, 0.3) is 0 Å². The molecule has 1 amide bonds. The number of primary sulfonamides is 1. The molecule has 0 aromatic carbocycles. The van der Waals surface area contributed by atoms with Crippen LogP contribution in [0.1, 0.15) is 13.8 Å². The monoisotopic (exact) mass is 223 g/mol. The third kappa shape index (κ3) is 9.43. The van der Waals surface area contributed by atoms with Crippen molar-refractivity contribution in [1.82, 2.24) is 10.6 Å². The second-order valence-corrected chi connectivity index (χ2v) is 5.00. The molecule has 0 radical (unpaired) electrons. The van der Waals surface area contributed by atoms with Crippen LogP contribution < -0.4 is 15.8 Å². The molecule has 84 valence electrons. The lowest BCUT2D eigenvalue weighted by molar-refractivity contribution is -0.120. The van der Waals surface area contributed by atoms with Crippen LogP contribution in [0.5, 0.6) is 0 Å². The van der Waals surface area contributed by atoms with Crippen molar-refractivity contribution in [2.24, 2.45) is 5.14 Å². The van der Waals surface area contributed by atoms with Gasteiger partial charge in [0.05, 0.1) is 12.3 Å². The van der Waals surface area contributed by atoms with Crippen LogP contribution in [-0.4, -0.2) is 39.2 Å². The second-order valence-electron chi connectivity index (χ2n) is 3.27. The molecule has 0 saturated carbocycles. The molecule has 0 aliphatic heterocycles. The number of hydrogen-bond acceptors (Lipinski definition) is 4. The standard InChI is InChI=1S/C7H17N3O3S/c1-6(2)10-7(11)5-9-3-4-14(8,12)13/h6,9H,3-5H2,1-2H3,(H,10,11)(H2,8,12,13). The zero-order chi connectivity index (χ0) is 11.2. The Hall–Kier alpha value is -0.660. The largest absolute Gasteiger partial charge is 0.353 e. The van der Waals surface area contributed by atoms with Gasteiger partial charge in [-0.15, -0.1) is 0 Å². The van der Waals surface area contributed by atoms with Gasteiger partial charge in [-0.05, 0) is 13.8 Å². The van der Waals surface area contributed by atoms with Gasteiger partial charge in [-0.2, -0.15) is 0 Å². The van der Waals surface area contributed by atoms with Gasteiger partial charge < -0.3 is 10.6 Å². The highest BCUT2D eigenvalue weighted by Gasteiger charge is 2.04. The number of nitrogens with one attached hydrogen (secondary N) is 2. The van der Waals surface area contributed by atoms with Gasteiger partial charge in [-0.1, -0.05) is 0 Å². The van der Waals surface area contributed by atoms with Gasteiger partial charge in [-0.25, -0.2) is 13.6 Å². The SMILES string of the molecule is CC(C)NC(=O)CNCCS(N)(=O)=O. The second kappa shape index (κ2) is 5.94. The summed E-state index contributed by atoms with van der Waals surface area (Å²) >= 11 is 0. The highest BCUT2D eigenvalue weighted by molar-refractivity contribution is 7.89. The highest BCUT2D eigenvalue weighted by Crippen LogP contribution is 1.77. The first-order chi connectivity index (χ1) is 6.31. The maximum atomic E-state index is 11.0. The topological polar surface area (TPSA) is 101 Å². The number of hydrogen-bond donors (Lipinski definition) is 3. The van der Waals surface area contributed by atoms with Crippen LogP contribution in [0.2, 0.25) is 0 Å². The first-order valence-electron chi connectivity index (χ1n) is 4.32. The van der Waals surface area contributed by atoms with E-state index in [4.69, 9.17) is 5.14 Å². The molecule has 0 heterocycles. The molecule has 0 aromatic rings. The van der Waals surface area contributed by atoms with E-state index in [0.717, 1.165) is 0 Å². The molecular weight excluding hydrogens is 206 g/mol. The number of rotatable bonds is 6. The van der Waals surface area contributed by atoms with Crippen molar-refractivity contribution in [1.29, 1.82) is 0 Å². The molecule has 14 heavy (non-hydrogen) atoms. The third-order valence-corrected chi connectivity index (χ3v) is 2.07. The quantitative estimate of drug-likeness (QED) is 0.471. The molecule has 0 bridgehead atoms. The summed E-state index contributed by atoms with van der Waals surface area (Å²) in [5, 5.41) is 10.1. The van der Waals surface area contributed by atoms with Crippen LogP contribution >= 0.6 is 0 Å². The van der Waals surface area contributed by atoms with Crippen molar-refractivity contribution in [3.05, 3.63) is 0 Å². The minimum Gasteiger partial charge on any atom is -0.353 e. The maximum absolute atomic E-state index is 11.0. The minimum absolute atomic E-state index is 0.0857. The molecule has 0 rings (SSSR count). The minimum atomic E-state index is -3.44. The van der Waals surface area contributed by atoms with Crippen molar-refractivity contribution < 1.29 is 13.2 Å². The van der Waals surface area contributed by atoms with Gasteiger partial charge in [0.1, 0.15) is 0 Å². The fourth-order valence-electron chi connectivity index (χ4n) is 0.789. The van der Waals surface area contributed by atoms with Crippen LogP contribution in [0.4, 0.5) is 0 Å². The Kier molecular flexibility index (Phi) is 5.66. The first kappa shape index (κ1) is 13.3. The van der Waals surface area contributed by atoms with Crippen molar-refractivity contribution in [2.45, 2.75) is 19.9 Å². The molecule has 0 atom stereocenters. The van der Waals surface area contributed by atoms with Crippen molar-refractivity contribution in [3.63, 3.8) is 0 Å². The smallest absolute Gasteiger partial charge is 0.234 e. The van der Waals surface area contributed by atoms with E-state index in [-0.39, 0.29) is 30.8 Å². The lowest BCUT2D eigenvalue weighted by atomic mass is 10.4. The van der Waals surface area contributed by atoms with Crippen LogP contribution in [-0.2, 0) is 14.8 Å². The Morgan fingerprint density at radius 3 is 2.43 bits per heavy atom. The van der Waals surface area contributed by atoms with Crippen molar-refractivity contribution >= 4 is 15.9 Å². The number of carbonyl (C=O) groups is 1. The normalized spacial score (nSPS) is 11.7. The summed E-state index contributed by atoms with van der Waals surface area (Å²) in [6.07, 6.45) is 0. The van der Waals surface area contributed by atoms with E-state index < -0.39 is 10.0 Å². The molecule has 0 aliphatic rings. The molecule has 0 aliphatic carbocycles. The molecule has 0 fully saturated rings. The Bertz CT molecular complexity index is 274. The third-order valence-electron chi connectivity index (χ3n) is 1.30. The summed E-state index contributed by atoms with van der Waals surface area (Å²) in [5.74, 6) is -0.323. The van der Waals surface area contributed by atoms with E-state index in [9.17, 15) is 13.2 Å². The summed E-state index contributed by atoms with van der Waals surface area (Å²) in [4.78, 5) is 11.0. The van der Waals surface area contributed by atoms with Crippen LogP contribution in [0.25, 0.3) is 0 Å².